The zero-order chi connectivity index (χ0) is 11.8. The van der Waals surface area contributed by atoms with E-state index >= 15 is 0 Å². The van der Waals surface area contributed by atoms with Gasteiger partial charge in [-0.3, -0.25) is 0 Å². The van der Waals surface area contributed by atoms with Crippen LogP contribution in [0.3, 0.4) is 0 Å². The molecule has 1 aliphatic carbocycles. The molecular weight excluding hydrogens is 232 g/mol. The number of nitrogens with one attached hydrogen (secondary N) is 1. The van der Waals surface area contributed by atoms with E-state index < -0.39 is 0 Å². The van der Waals surface area contributed by atoms with Crippen molar-refractivity contribution in [3.05, 3.63) is 17.3 Å². The number of anilines is 1. The molecular formula is C12H16N4S. The van der Waals surface area contributed by atoms with E-state index in [2.05, 4.69) is 27.6 Å². The van der Waals surface area contributed by atoms with Gasteiger partial charge in [0.2, 0.25) is 0 Å². The van der Waals surface area contributed by atoms with Gasteiger partial charge in [-0.05, 0) is 36.6 Å². The highest BCUT2D eigenvalue weighted by Crippen LogP contribution is 2.30. The molecule has 90 valence electrons. The molecule has 3 N–H and O–H groups in total. The van der Waals surface area contributed by atoms with Crippen molar-refractivity contribution in [2.45, 2.75) is 25.8 Å². The summed E-state index contributed by atoms with van der Waals surface area (Å²) >= 11 is 1.71. The molecule has 1 saturated carbocycles. The highest BCUT2D eigenvalue weighted by atomic mass is 32.1. The van der Waals surface area contributed by atoms with Crippen LogP contribution in [0.15, 0.2) is 11.7 Å². The third-order valence-electron chi connectivity index (χ3n) is 3.36. The molecule has 0 spiro atoms. The average Bonchev–Trinajstić information content (AvgIpc) is 2.66. The van der Waals surface area contributed by atoms with E-state index in [4.69, 9.17) is 5.73 Å². The first-order valence-corrected chi connectivity index (χ1v) is 6.80. The summed E-state index contributed by atoms with van der Waals surface area (Å²) in [6, 6.07) is 0.413. The first kappa shape index (κ1) is 10.9. The van der Waals surface area contributed by atoms with E-state index in [9.17, 15) is 0 Å². The second-order valence-corrected chi connectivity index (χ2v) is 5.68. The Kier molecular flexibility index (Phi) is 2.72. The average molecular weight is 248 g/mol. The summed E-state index contributed by atoms with van der Waals surface area (Å²) in [7, 11) is 0. The van der Waals surface area contributed by atoms with Crippen LogP contribution in [0.25, 0.3) is 10.2 Å². The minimum absolute atomic E-state index is 0.413. The van der Waals surface area contributed by atoms with Gasteiger partial charge in [0.25, 0.3) is 0 Å². The molecule has 2 aromatic rings. The van der Waals surface area contributed by atoms with Crippen LogP contribution in [-0.2, 0) is 0 Å². The number of hydrogen-bond donors (Lipinski definition) is 2. The normalized spacial score (nSPS) is 23.6. The van der Waals surface area contributed by atoms with Gasteiger partial charge in [0.1, 0.15) is 12.1 Å². The number of nitrogens with two attached hydrogens (primary N) is 1. The number of rotatable bonds is 3. The lowest BCUT2D eigenvalue weighted by molar-refractivity contribution is 0.280. The first-order valence-electron chi connectivity index (χ1n) is 5.92. The topological polar surface area (TPSA) is 63.8 Å². The van der Waals surface area contributed by atoms with Crippen LogP contribution in [-0.4, -0.2) is 22.6 Å². The Bertz CT molecular complexity index is 530. The van der Waals surface area contributed by atoms with Gasteiger partial charge in [-0.15, -0.1) is 11.3 Å². The van der Waals surface area contributed by atoms with Crippen molar-refractivity contribution in [1.82, 2.24) is 9.97 Å². The van der Waals surface area contributed by atoms with Crippen molar-refractivity contribution in [2.75, 3.05) is 11.9 Å². The quantitative estimate of drug-likeness (QED) is 0.873. The van der Waals surface area contributed by atoms with Crippen molar-refractivity contribution in [3.63, 3.8) is 0 Å². The molecule has 17 heavy (non-hydrogen) atoms. The molecule has 0 unspecified atom stereocenters. The van der Waals surface area contributed by atoms with Crippen molar-refractivity contribution >= 4 is 27.4 Å². The lowest BCUT2D eigenvalue weighted by atomic mass is 9.81. The maximum atomic E-state index is 5.78. The van der Waals surface area contributed by atoms with E-state index in [-0.39, 0.29) is 0 Å². The molecule has 0 bridgehead atoms. The Morgan fingerprint density at radius 3 is 3.06 bits per heavy atom. The Hall–Kier alpha value is -1.20. The molecule has 3 rings (SSSR count). The number of fused-ring (bicyclic) bond motifs is 1. The van der Waals surface area contributed by atoms with Crippen LogP contribution in [0.1, 0.15) is 18.4 Å². The highest BCUT2D eigenvalue weighted by molar-refractivity contribution is 7.18. The molecule has 5 heteroatoms. The molecule has 0 aliphatic heterocycles. The fourth-order valence-corrected chi connectivity index (χ4v) is 3.26. The molecule has 0 atom stereocenters. The number of thiophene rings is 1. The van der Waals surface area contributed by atoms with Crippen molar-refractivity contribution in [1.29, 1.82) is 0 Å². The fourth-order valence-electron chi connectivity index (χ4n) is 2.29. The molecule has 0 aromatic carbocycles. The van der Waals surface area contributed by atoms with Crippen molar-refractivity contribution in [2.24, 2.45) is 11.7 Å². The van der Waals surface area contributed by atoms with Gasteiger partial charge in [0, 0.05) is 12.6 Å². The smallest absolute Gasteiger partial charge is 0.147 e. The van der Waals surface area contributed by atoms with Gasteiger partial charge in [0.05, 0.1) is 10.2 Å². The largest absolute Gasteiger partial charge is 0.369 e. The summed E-state index contributed by atoms with van der Waals surface area (Å²) in [5, 5.41) is 5.56. The molecule has 2 aromatic heterocycles. The third-order valence-corrected chi connectivity index (χ3v) is 4.46. The van der Waals surface area contributed by atoms with Gasteiger partial charge in [-0.25, -0.2) is 9.97 Å². The predicted molar refractivity (Wildman–Crippen MR) is 71.3 cm³/mol. The summed E-state index contributed by atoms with van der Waals surface area (Å²) in [6.45, 7) is 3.05. The van der Waals surface area contributed by atoms with E-state index in [1.54, 1.807) is 17.7 Å². The second-order valence-electron chi connectivity index (χ2n) is 4.80. The minimum Gasteiger partial charge on any atom is -0.369 e. The Labute approximate surface area is 104 Å². The van der Waals surface area contributed by atoms with E-state index in [0.717, 1.165) is 35.4 Å². The monoisotopic (exact) mass is 248 g/mol. The summed E-state index contributed by atoms with van der Waals surface area (Å²) in [6.07, 6.45) is 3.90. The van der Waals surface area contributed by atoms with Gasteiger partial charge >= 0.3 is 0 Å². The highest BCUT2D eigenvalue weighted by Gasteiger charge is 2.25. The van der Waals surface area contributed by atoms with Crippen LogP contribution >= 0.6 is 11.3 Å². The Morgan fingerprint density at radius 2 is 2.29 bits per heavy atom. The SMILES string of the molecule is Cc1csc2c(NCC3CC(N)C3)ncnc12. The van der Waals surface area contributed by atoms with E-state index in [1.165, 1.54) is 5.56 Å². The van der Waals surface area contributed by atoms with Crippen LogP contribution in [0.5, 0.6) is 0 Å². The molecule has 1 aliphatic rings. The summed E-state index contributed by atoms with van der Waals surface area (Å²) in [4.78, 5) is 8.64. The summed E-state index contributed by atoms with van der Waals surface area (Å²) < 4.78 is 1.16. The summed E-state index contributed by atoms with van der Waals surface area (Å²) in [5.41, 5.74) is 8.07. The van der Waals surface area contributed by atoms with Crippen LogP contribution in [0, 0.1) is 12.8 Å². The van der Waals surface area contributed by atoms with E-state index in [1.807, 2.05) is 0 Å². The zero-order valence-corrected chi connectivity index (χ0v) is 10.6. The first-order chi connectivity index (χ1) is 8.24. The molecule has 0 saturated heterocycles. The molecule has 0 radical (unpaired) electrons. The van der Waals surface area contributed by atoms with Crippen molar-refractivity contribution < 1.29 is 0 Å². The molecule has 2 heterocycles. The Balaban J connectivity index is 1.76. The molecule has 0 amide bonds. The van der Waals surface area contributed by atoms with Crippen molar-refractivity contribution in [3.8, 4) is 0 Å². The van der Waals surface area contributed by atoms with Gasteiger partial charge in [-0.1, -0.05) is 0 Å². The maximum absolute atomic E-state index is 5.78. The lowest BCUT2D eigenvalue weighted by Gasteiger charge is -2.32. The van der Waals surface area contributed by atoms with Gasteiger partial charge in [-0.2, -0.15) is 0 Å². The molecule has 1 fully saturated rings. The lowest BCUT2D eigenvalue weighted by Crippen LogP contribution is -2.39. The summed E-state index contributed by atoms with van der Waals surface area (Å²) in [5.74, 6) is 1.67. The maximum Gasteiger partial charge on any atom is 0.147 e. The zero-order valence-electron chi connectivity index (χ0n) is 9.81. The number of aryl methyl sites for hydroxylation is 1. The van der Waals surface area contributed by atoms with Crippen LogP contribution in [0.4, 0.5) is 5.82 Å². The van der Waals surface area contributed by atoms with Crippen LogP contribution in [0.2, 0.25) is 0 Å². The number of aromatic nitrogens is 2. The fraction of sp³-hybridized carbons (Fsp3) is 0.500. The second kappa shape index (κ2) is 4.23. The standard InChI is InChI=1S/C12H16N4S/c1-7-5-17-11-10(7)15-6-16-12(11)14-4-8-2-9(13)3-8/h5-6,8-9H,2-4,13H2,1H3,(H,14,15,16). The van der Waals surface area contributed by atoms with Gasteiger partial charge < -0.3 is 11.1 Å². The molecule has 4 nitrogen and oxygen atoms in total. The number of nitrogens with zero attached hydrogens (tertiary/aromatic N) is 2. The van der Waals surface area contributed by atoms with Crippen LogP contribution < -0.4 is 11.1 Å². The minimum atomic E-state index is 0.413. The number of hydrogen-bond acceptors (Lipinski definition) is 5. The third kappa shape index (κ3) is 2.00. The predicted octanol–water partition coefficient (Wildman–Crippen LogP) is 2.15. The van der Waals surface area contributed by atoms with Gasteiger partial charge in [0.15, 0.2) is 0 Å². The Morgan fingerprint density at radius 1 is 1.47 bits per heavy atom. The van der Waals surface area contributed by atoms with E-state index in [0.29, 0.717) is 12.0 Å².